The molecule has 0 bridgehead atoms. The van der Waals surface area contributed by atoms with Gasteiger partial charge in [0.25, 0.3) is 0 Å². The van der Waals surface area contributed by atoms with Crippen molar-refractivity contribution in [2.75, 3.05) is 13.2 Å². The molecule has 6 nitrogen and oxygen atoms in total. The number of unbranched alkanes of at least 4 members (excludes halogenated alkanes) is 43. The van der Waals surface area contributed by atoms with Gasteiger partial charge in [-0.05, 0) is 83.5 Å². The maximum absolute atomic E-state index is 12.9. The third-order valence-electron chi connectivity index (χ3n) is 15.5. The molecule has 0 fully saturated rings. The molecule has 0 aromatic rings. The maximum Gasteiger partial charge on any atom is 0.306 e. The van der Waals surface area contributed by atoms with Crippen LogP contribution in [0.25, 0.3) is 0 Å². The highest BCUT2D eigenvalue weighted by Crippen LogP contribution is 2.18. The summed E-state index contributed by atoms with van der Waals surface area (Å²) in [5, 5.41) is 0. The second kappa shape index (κ2) is 67.6. The highest BCUT2D eigenvalue weighted by molar-refractivity contribution is 5.71. The fourth-order valence-electron chi connectivity index (χ4n) is 10.3. The largest absolute Gasteiger partial charge is 0.462 e. The monoisotopic (exact) mass is 1110 g/mol. The van der Waals surface area contributed by atoms with Crippen LogP contribution in [0, 0.1) is 0 Å². The van der Waals surface area contributed by atoms with E-state index in [1.54, 1.807) is 0 Å². The van der Waals surface area contributed by atoms with Crippen LogP contribution in [0.15, 0.2) is 60.8 Å². The molecule has 460 valence electrons. The minimum atomic E-state index is -0.773. The number of esters is 3. The first kappa shape index (κ1) is 76.1. The van der Waals surface area contributed by atoms with E-state index in [0.717, 1.165) is 89.9 Å². The van der Waals surface area contributed by atoms with Crippen molar-refractivity contribution in [2.45, 2.75) is 374 Å². The zero-order chi connectivity index (χ0) is 57.1. The van der Waals surface area contributed by atoms with Gasteiger partial charge in [0.05, 0.1) is 0 Å². The molecule has 1 unspecified atom stereocenters. The Bertz CT molecular complexity index is 1410. The van der Waals surface area contributed by atoms with Gasteiger partial charge >= 0.3 is 17.9 Å². The Hall–Kier alpha value is -2.89. The Morgan fingerprint density at radius 2 is 0.494 bits per heavy atom. The molecule has 0 N–H and O–H groups in total. The molecule has 0 rings (SSSR count). The fraction of sp³-hybridized carbons (Fsp3) is 0.822. The van der Waals surface area contributed by atoms with Crippen LogP contribution in [0.4, 0.5) is 0 Å². The molecule has 0 aromatic carbocycles. The summed E-state index contributed by atoms with van der Waals surface area (Å²) in [4.78, 5) is 38.3. The number of rotatable bonds is 64. The highest BCUT2D eigenvalue weighted by Gasteiger charge is 2.19. The lowest BCUT2D eigenvalue weighted by molar-refractivity contribution is -0.167. The van der Waals surface area contributed by atoms with Gasteiger partial charge in [0.2, 0.25) is 0 Å². The predicted octanol–water partition coefficient (Wildman–Crippen LogP) is 23.9. The summed E-state index contributed by atoms with van der Waals surface area (Å²) in [5.74, 6) is -0.855. The lowest BCUT2D eigenvalue weighted by Gasteiger charge is -2.18. The Balaban J connectivity index is 4.10. The molecule has 6 heteroatoms. The van der Waals surface area contributed by atoms with Crippen molar-refractivity contribution >= 4 is 17.9 Å². The molecule has 0 radical (unpaired) electrons. The molecule has 0 aliphatic carbocycles. The average molecular weight is 1110 g/mol. The Labute approximate surface area is 491 Å². The Morgan fingerprint density at radius 3 is 0.797 bits per heavy atom. The molecule has 0 saturated heterocycles. The quantitative estimate of drug-likeness (QED) is 0.0261. The molecule has 0 aliphatic heterocycles. The zero-order valence-electron chi connectivity index (χ0n) is 52.9. The summed E-state index contributed by atoms with van der Waals surface area (Å²) in [7, 11) is 0. The van der Waals surface area contributed by atoms with Crippen LogP contribution in [-0.4, -0.2) is 37.2 Å². The van der Waals surface area contributed by atoms with Crippen molar-refractivity contribution in [1.82, 2.24) is 0 Å². The minimum Gasteiger partial charge on any atom is -0.462 e. The predicted molar refractivity (Wildman–Crippen MR) is 344 cm³/mol. The van der Waals surface area contributed by atoms with Gasteiger partial charge in [-0.2, -0.15) is 0 Å². The summed E-state index contributed by atoms with van der Waals surface area (Å²) in [6, 6.07) is 0. The number of carbonyl (C=O) groups excluding carboxylic acids is 3. The summed E-state index contributed by atoms with van der Waals surface area (Å²) >= 11 is 0. The van der Waals surface area contributed by atoms with E-state index in [1.807, 2.05) is 0 Å². The standard InChI is InChI=1S/C73H132O6/c1-4-7-10-13-16-19-22-25-27-28-29-30-31-32-33-34-35-36-37-38-39-40-41-42-43-44-46-48-51-54-57-60-63-66-72(75)78-69-70(68-77-71(74)65-62-59-56-53-50-47-24-21-18-15-12-9-6-3)79-73(76)67-64-61-58-55-52-49-45-26-23-20-17-14-11-8-5-2/h7,10,16,19,21,24-25,27,29-30,70H,4-6,8-9,11-15,17-18,20,22-23,26,28,31-69H2,1-3H3/b10-7-,19-16-,24-21-,27-25-,30-29-. The van der Waals surface area contributed by atoms with Crippen molar-refractivity contribution in [2.24, 2.45) is 0 Å². The number of allylic oxidation sites excluding steroid dienone is 10. The summed E-state index contributed by atoms with van der Waals surface area (Å²) in [6.45, 7) is 6.56. The molecular formula is C73H132O6. The van der Waals surface area contributed by atoms with Gasteiger partial charge in [-0.15, -0.1) is 0 Å². The zero-order valence-corrected chi connectivity index (χ0v) is 52.9. The number of carbonyl (C=O) groups is 3. The van der Waals surface area contributed by atoms with Gasteiger partial charge in [0, 0.05) is 19.3 Å². The Kier molecular flexibility index (Phi) is 65.1. The molecular weight excluding hydrogens is 973 g/mol. The second-order valence-electron chi connectivity index (χ2n) is 23.4. The van der Waals surface area contributed by atoms with Crippen LogP contribution in [0.5, 0.6) is 0 Å². The van der Waals surface area contributed by atoms with E-state index in [4.69, 9.17) is 14.2 Å². The highest BCUT2D eigenvalue weighted by atomic mass is 16.6. The molecule has 79 heavy (non-hydrogen) atoms. The van der Waals surface area contributed by atoms with Crippen molar-refractivity contribution in [3.8, 4) is 0 Å². The van der Waals surface area contributed by atoms with Crippen molar-refractivity contribution in [1.29, 1.82) is 0 Å². The van der Waals surface area contributed by atoms with Gasteiger partial charge in [-0.1, -0.05) is 326 Å². The normalized spacial score (nSPS) is 12.4. The van der Waals surface area contributed by atoms with Crippen LogP contribution in [0.1, 0.15) is 367 Å². The van der Waals surface area contributed by atoms with E-state index in [1.165, 1.54) is 238 Å². The summed E-state index contributed by atoms with van der Waals surface area (Å²) in [5.41, 5.74) is 0. The van der Waals surface area contributed by atoms with Crippen LogP contribution >= 0.6 is 0 Å². The van der Waals surface area contributed by atoms with Crippen LogP contribution in [0.3, 0.4) is 0 Å². The molecule has 0 aromatic heterocycles. The molecule has 0 spiro atoms. The first-order chi connectivity index (χ1) is 39.0. The van der Waals surface area contributed by atoms with E-state index in [9.17, 15) is 14.4 Å². The minimum absolute atomic E-state index is 0.0702. The number of hydrogen-bond donors (Lipinski definition) is 0. The number of ether oxygens (including phenoxy) is 3. The molecule has 0 heterocycles. The summed E-state index contributed by atoms with van der Waals surface area (Å²) in [6.07, 6.45) is 86.9. The summed E-state index contributed by atoms with van der Waals surface area (Å²) < 4.78 is 16.9. The molecule has 0 saturated carbocycles. The van der Waals surface area contributed by atoms with Crippen molar-refractivity contribution in [3.63, 3.8) is 0 Å². The third kappa shape index (κ3) is 65.8. The second-order valence-corrected chi connectivity index (χ2v) is 23.4. The fourth-order valence-corrected chi connectivity index (χ4v) is 10.3. The molecule has 1 atom stereocenters. The lowest BCUT2D eigenvalue weighted by Crippen LogP contribution is -2.30. The first-order valence-corrected chi connectivity index (χ1v) is 34.8. The third-order valence-corrected chi connectivity index (χ3v) is 15.5. The molecule has 0 aliphatic rings. The van der Waals surface area contributed by atoms with Gasteiger partial charge in [0.1, 0.15) is 13.2 Å². The van der Waals surface area contributed by atoms with Crippen molar-refractivity contribution < 1.29 is 28.6 Å². The lowest BCUT2D eigenvalue weighted by atomic mass is 10.0. The topological polar surface area (TPSA) is 78.9 Å². The van der Waals surface area contributed by atoms with Crippen molar-refractivity contribution in [3.05, 3.63) is 60.8 Å². The van der Waals surface area contributed by atoms with Crippen LogP contribution < -0.4 is 0 Å². The first-order valence-electron chi connectivity index (χ1n) is 34.8. The maximum atomic E-state index is 12.9. The Morgan fingerprint density at radius 1 is 0.266 bits per heavy atom. The van der Waals surface area contributed by atoms with Gasteiger partial charge in [0.15, 0.2) is 6.10 Å². The van der Waals surface area contributed by atoms with Gasteiger partial charge in [-0.25, -0.2) is 0 Å². The van der Waals surface area contributed by atoms with E-state index in [0.29, 0.717) is 19.3 Å². The van der Waals surface area contributed by atoms with E-state index in [2.05, 4.69) is 81.5 Å². The SMILES string of the molecule is CC/C=C\C/C=C\C/C=C\C/C=C\CCCCCCCCCCCCCCCCCCCCCCC(=O)OCC(COC(=O)CCCCCCC/C=C\CCCCCC)OC(=O)CCCCCCCCCCCCCCCCC. The van der Waals surface area contributed by atoms with E-state index < -0.39 is 6.10 Å². The van der Waals surface area contributed by atoms with Gasteiger partial charge < -0.3 is 14.2 Å². The van der Waals surface area contributed by atoms with Crippen LogP contribution in [-0.2, 0) is 28.6 Å². The smallest absolute Gasteiger partial charge is 0.306 e. The van der Waals surface area contributed by atoms with Crippen LogP contribution in [0.2, 0.25) is 0 Å². The van der Waals surface area contributed by atoms with E-state index >= 15 is 0 Å². The number of hydrogen-bond acceptors (Lipinski definition) is 6. The van der Waals surface area contributed by atoms with E-state index in [-0.39, 0.29) is 31.1 Å². The average Bonchev–Trinajstić information content (AvgIpc) is 3.45. The van der Waals surface area contributed by atoms with Gasteiger partial charge in [-0.3, -0.25) is 14.4 Å². The molecule has 0 amide bonds.